The fourth-order valence-corrected chi connectivity index (χ4v) is 2.30. The number of likely N-dealkylation sites (N-methyl/N-ethyl adjacent to an activating group) is 1. The van der Waals surface area contributed by atoms with E-state index in [2.05, 4.69) is 37.4 Å². The van der Waals surface area contributed by atoms with E-state index in [4.69, 9.17) is 0 Å². The quantitative estimate of drug-likeness (QED) is 0.916. The first-order valence-electron chi connectivity index (χ1n) is 7.24. The van der Waals surface area contributed by atoms with Gasteiger partial charge in [-0.05, 0) is 56.3 Å². The van der Waals surface area contributed by atoms with E-state index in [0.717, 1.165) is 0 Å². The molecule has 1 N–H and O–H groups in total. The first-order chi connectivity index (χ1) is 10.4. The third kappa shape index (κ3) is 4.67. The molecule has 2 aromatic carbocycles. The minimum Gasteiger partial charge on any atom is -0.325 e. The molecule has 0 aliphatic rings. The van der Waals surface area contributed by atoms with E-state index in [0.29, 0.717) is 12.2 Å². The second-order valence-corrected chi connectivity index (χ2v) is 5.66. The van der Waals surface area contributed by atoms with E-state index in [1.54, 1.807) is 12.1 Å². The fraction of sp³-hybridized carbons (Fsp3) is 0.278. The van der Waals surface area contributed by atoms with Gasteiger partial charge in [-0.1, -0.05) is 23.8 Å². The van der Waals surface area contributed by atoms with Crippen LogP contribution in [-0.4, -0.2) is 24.4 Å². The maximum Gasteiger partial charge on any atom is 0.238 e. The number of benzene rings is 2. The van der Waals surface area contributed by atoms with Gasteiger partial charge in [0.2, 0.25) is 5.91 Å². The highest BCUT2D eigenvalue weighted by atomic mass is 19.1. The number of hydrogen-bond donors (Lipinski definition) is 1. The van der Waals surface area contributed by atoms with Crippen molar-refractivity contribution in [2.45, 2.75) is 20.4 Å². The lowest BCUT2D eigenvalue weighted by atomic mass is 10.1. The summed E-state index contributed by atoms with van der Waals surface area (Å²) in [4.78, 5) is 14.0. The van der Waals surface area contributed by atoms with E-state index in [1.165, 1.54) is 28.8 Å². The molecule has 0 aliphatic heterocycles. The Morgan fingerprint density at radius 3 is 2.50 bits per heavy atom. The minimum absolute atomic E-state index is 0.112. The third-order valence-electron chi connectivity index (χ3n) is 3.49. The Kier molecular flexibility index (Phi) is 5.28. The van der Waals surface area contributed by atoms with Crippen LogP contribution in [0.4, 0.5) is 10.1 Å². The molecule has 22 heavy (non-hydrogen) atoms. The molecule has 1 amide bonds. The average Bonchev–Trinajstić information content (AvgIpc) is 2.45. The SMILES string of the molecule is Cc1ccc(C)c(CN(C)CC(=O)Nc2ccc(F)cc2)c1. The lowest BCUT2D eigenvalue weighted by Gasteiger charge is -2.18. The summed E-state index contributed by atoms with van der Waals surface area (Å²) in [7, 11) is 1.91. The molecule has 0 saturated carbocycles. The molecule has 0 radical (unpaired) electrons. The van der Waals surface area contributed by atoms with Crippen LogP contribution in [0.2, 0.25) is 0 Å². The molecular weight excluding hydrogens is 279 g/mol. The summed E-state index contributed by atoms with van der Waals surface area (Å²) >= 11 is 0. The fourth-order valence-electron chi connectivity index (χ4n) is 2.30. The monoisotopic (exact) mass is 300 g/mol. The van der Waals surface area contributed by atoms with Crippen molar-refractivity contribution in [1.82, 2.24) is 4.90 Å². The Morgan fingerprint density at radius 1 is 1.14 bits per heavy atom. The third-order valence-corrected chi connectivity index (χ3v) is 3.49. The van der Waals surface area contributed by atoms with Gasteiger partial charge in [-0.15, -0.1) is 0 Å². The van der Waals surface area contributed by atoms with Gasteiger partial charge in [-0.2, -0.15) is 0 Å². The molecule has 0 fully saturated rings. The summed E-state index contributed by atoms with van der Waals surface area (Å²) in [5.74, 6) is -0.426. The molecule has 0 bridgehead atoms. The maximum atomic E-state index is 12.8. The predicted octanol–water partition coefficient (Wildman–Crippen LogP) is 3.51. The van der Waals surface area contributed by atoms with Crippen molar-refractivity contribution in [3.05, 3.63) is 65.0 Å². The van der Waals surface area contributed by atoms with Crippen LogP contribution in [0.15, 0.2) is 42.5 Å². The first-order valence-corrected chi connectivity index (χ1v) is 7.24. The highest BCUT2D eigenvalue weighted by Gasteiger charge is 2.09. The molecule has 4 heteroatoms. The van der Waals surface area contributed by atoms with Crippen molar-refractivity contribution in [2.75, 3.05) is 18.9 Å². The van der Waals surface area contributed by atoms with Crippen molar-refractivity contribution in [2.24, 2.45) is 0 Å². The number of rotatable bonds is 5. The Bertz CT molecular complexity index is 653. The van der Waals surface area contributed by atoms with Gasteiger partial charge in [-0.25, -0.2) is 4.39 Å². The predicted molar refractivity (Wildman–Crippen MR) is 87.3 cm³/mol. The van der Waals surface area contributed by atoms with E-state index in [-0.39, 0.29) is 18.3 Å². The number of anilines is 1. The van der Waals surface area contributed by atoms with Crippen molar-refractivity contribution in [1.29, 1.82) is 0 Å². The van der Waals surface area contributed by atoms with Crippen LogP contribution in [0, 0.1) is 19.7 Å². The molecule has 0 aromatic heterocycles. The lowest BCUT2D eigenvalue weighted by Crippen LogP contribution is -2.30. The van der Waals surface area contributed by atoms with E-state index >= 15 is 0 Å². The summed E-state index contributed by atoms with van der Waals surface area (Å²) in [6.45, 7) is 5.13. The van der Waals surface area contributed by atoms with Crippen LogP contribution in [0.25, 0.3) is 0 Å². The number of hydrogen-bond acceptors (Lipinski definition) is 2. The molecule has 0 spiro atoms. The van der Waals surface area contributed by atoms with E-state index < -0.39 is 0 Å². The number of amides is 1. The molecule has 0 atom stereocenters. The van der Waals surface area contributed by atoms with Crippen LogP contribution >= 0.6 is 0 Å². The molecule has 0 unspecified atom stereocenters. The maximum absolute atomic E-state index is 12.8. The zero-order chi connectivity index (χ0) is 16.1. The number of carbonyl (C=O) groups is 1. The Morgan fingerprint density at radius 2 is 1.82 bits per heavy atom. The van der Waals surface area contributed by atoms with Gasteiger partial charge in [0.15, 0.2) is 0 Å². The van der Waals surface area contributed by atoms with Crippen molar-refractivity contribution >= 4 is 11.6 Å². The van der Waals surface area contributed by atoms with E-state index in [1.807, 2.05) is 11.9 Å². The zero-order valence-corrected chi connectivity index (χ0v) is 13.2. The Hall–Kier alpha value is -2.20. The van der Waals surface area contributed by atoms with Crippen LogP contribution in [0.3, 0.4) is 0 Å². The number of halogens is 1. The van der Waals surface area contributed by atoms with Gasteiger partial charge in [0, 0.05) is 12.2 Å². The van der Waals surface area contributed by atoms with Crippen LogP contribution in [0.1, 0.15) is 16.7 Å². The van der Waals surface area contributed by atoms with Crippen molar-refractivity contribution < 1.29 is 9.18 Å². The molecule has 116 valence electrons. The number of nitrogens with zero attached hydrogens (tertiary/aromatic N) is 1. The van der Waals surface area contributed by atoms with Crippen LogP contribution < -0.4 is 5.32 Å². The van der Waals surface area contributed by atoms with Crippen LogP contribution in [0.5, 0.6) is 0 Å². The first kappa shape index (κ1) is 16.2. The molecule has 0 saturated heterocycles. The summed E-state index contributed by atoms with van der Waals surface area (Å²) in [5.41, 5.74) is 4.25. The highest BCUT2D eigenvalue weighted by molar-refractivity contribution is 5.92. The van der Waals surface area contributed by atoms with Crippen molar-refractivity contribution in [3.8, 4) is 0 Å². The Balaban J connectivity index is 1.91. The molecule has 2 rings (SSSR count). The van der Waals surface area contributed by atoms with Gasteiger partial charge in [-0.3, -0.25) is 9.69 Å². The number of aryl methyl sites for hydroxylation is 2. The minimum atomic E-state index is -0.315. The zero-order valence-electron chi connectivity index (χ0n) is 13.2. The molecule has 3 nitrogen and oxygen atoms in total. The van der Waals surface area contributed by atoms with Gasteiger partial charge in [0.25, 0.3) is 0 Å². The molecule has 2 aromatic rings. The standard InChI is InChI=1S/C18H21FN2O/c1-13-4-5-14(2)15(10-13)11-21(3)12-18(22)20-17-8-6-16(19)7-9-17/h4-10H,11-12H2,1-3H3,(H,20,22). The molecule has 0 aliphatic carbocycles. The lowest BCUT2D eigenvalue weighted by molar-refractivity contribution is -0.117. The second-order valence-electron chi connectivity index (χ2n) is 5.66. The molecule has 0 heterocycles. The second kappa shape index (κ2) is 7.18. The number of nitrogens with one attached hydrogen (secondary N) is 1. The smallest absolute Gasteiger partial charge is 0.238 e. The summed E-state index contributed by atoms with van der Waals surface area (Å²) < 4.78 is 12.8. The normalized spacial score (nSPS) is 10.8. The largest absolute Gasteiger partial charge is 0.325 e. The number of carbonyl (C=O) groups excluding carboxylic acids is 1. The van der Waals surface area contributed by atoms with Gasteiger partial charge in [0.1, 0.15) is 5.82 Å². The Labute approximate surface area is 130 Å². The van der Waals surface area contributed by atoms with Crippen molar-refractivity contribution in [3.63, 3.8) is 0 Å². The topological polar surface area (TPSA) is 32.3 Å². The highest BCUT2D eigenvalue weighted by Crippen LogP contribution is 2.13. The van der Waals surface area contributed by atoms with Gasteiger partial charge < -0.3 is 5.32 Å². The van der Waals surface area contributed by atoms with E-state index in [9.17, 15) is 9.18 Å². The average molecular weight is 300 g/mol. The molecular formula is C18H21FN2O. The summed E-state index contributed by atoms with van der Waals surface area (Å²) in [6, 6.07) is 12.1. The van der Waals surface area contributed by atoms with Gasteiger partial charge in [0.05, 0.1) is 6.54 Å². The van der Waals surface area contributed by atoms with Gasteiger partial charge >= 0.3 is 0 Å². The van der Waals surface area contributed by atoms with Crippen LogP contribution in [-0.2, 0) is 11.3 Å². The summed E-state index contributed by atoms with van der Waals surface area (Å²) in [6.07, 6.45) is 0. The summed E-state index contributed by atoms with van der Waals surface area (Å²) in [5, 5.41) is 2.76.